The van der Waals surface area contributed by atoms with Crippen LogP contribution in [0.1, 0.15) is 38.2 Å². The van der Waals surface area contributed by atoms with Gasteiger partial charge in [-0.05, 0) is 30.7 Å². The van der Waals surface area contributed by atoms with Gasteiger partial charge in [0.15, 0.2) is 0 Å². The molecule has 102 valence electrons. The van der Waals surface area contributed by atoms with Crippen molar-refractivity contribution in [3.8, 4) is 0 Å². The zero-order valence-corrected chi connectivity index (χ0v) is 11.7. The zero-order valence-electron chi connectivity index (χ0n) is 10.9. The van der Waals surface area contributed by atoms with E-state index in [1.807, 2.05) is 6.07 Å². The summed E-state index contributed by atoms with van der Waals surface area (Å²) in [5.41, 5.74) is 0.942. The number of unbranched alkanes of at least 4 members (excludes halogenated alkanes) is 3. The molecule has 5 heteroatoms. The van der Waals surface area contributed by atoms with E-state index in [1.54, 1.807) is 12.1 Å². The van der Waals surface area contributed by atoms with Crippen molar-refractivity contribution in [2.24, 2.45) is 5.14 Å². The van der Waals surface area contributed by atoms with Crippen molar-refractivity contribution in [3.05, 3.63) is 29.8 Å². The number of rotatable bonds is 8. The van der Waals surface area contributed by atoms with Gasteiger partial charge in [-0.3, -0.25) is 0 Å². The van der Waals surface area contributed by atoms with Crippen LogP contribution in [-0.4, -0.2) is 15.0 Å². The fraction of sp³-hybridized carbons (Fsp3) is 0.538. The molecule has 4 nitrogen and oxygen atoms in total. The first-order valence-corrected chi connectivity index (χ1v) is 7.91. The number of hydrogen-bond acceptors (Lipinski definition) is 3. The Balaban J connectivity index is 2.39. The average Bonchev–Trinajstić information content (AvgIpc) is 2.33. The minimum absolute atomic E-state index is 0.174. The minimum Gasteiger partial charge on any atom is -0.313 e. The summed E-state index contributed by atoms with van der Waals surface area (Å²) in [6.07, 6.45) is 4.89. The van der Waals surface area contributed by atoms with E-state index in [9.17, 15) is 8.42 Å². The van der Waals surface area contributed by atoms with Crippen LogP contribution >= 0.6 is 0 Å². The molecule has 0 unspecified atom stereocenters. The van der Waals surface area contributed by atoms with Crippen molar-refractivity contribution in [1.82, 2.24) is 5.32 Å². The molecule has 0 amide bonds. The van der Waals surface area contributed by atoms with Gasteiger partial charge in [-0.1, -0.05) is 38.3 Å². The molecule has 1 aromatic carbocycles. The Kier molecular flexibility index (Phi) is 6.32. The van der Waals surface area contributed by atoms with Crippen molar-refractivity contribution in [3.63, 3.8) is 0 Å². The lowest BCUT2D eigenvalue weighted by Gasteiger charge is -2.06. The van der Waals surface area contributed by atoms with Crippen LogP contribution in [0.25, 0.3) is 0 Å². The van der Waals surface area contributed by atoms with E-state index in [0.29, 0.717) is 6.54 Å². The maximum Gasteiger partial charge on any atom is 0.238 e. The highest BCUT2D eigenvalue weighted by molar-refractivity contribution is 7.89. The SMILES string of the molecule is CCCCCCNCc1cccc(S(N)(=O)=O)c1. The maximum absolute atomic E-state index is 11.2. The molecule has 0 heterocycles. The summed E-state index contributed by atoms with van der Waals surface area (Å²) >= 11 is 0. The summed E-state index contributed by atoms with van der Waals surface area (Å²) in [7, 11) is -3.60. The number of nitrogens with one attached hydrogen (secondary N) is 1. The molecule has 0 fully saturated rings. The first-order chi connectivity index (χ1) is 8.54. The molecule has 0 aliphatic rings. The smallest absolute Gasteiger partial charge is 0.238 e. The largest absolute Gasteiger partial charge is 0.313 e. The molecule has 0 aliphatic carbocycles. The van der Waals surface area contributed by atoms with Crippen LogP contribution in [-0.2, 0) is 16.6 Å². The van der Waals surface area contributed by atoms with Crippen LogP contribution < -0.4 is 10.5 Å². The molecule has 0 saturated heterocycles. The molecule has 3 N–H and O–H groups in total. The van der Waals surface area contributed by atoms with Crippen LogP contribution in [0.3, 0.4) is 0 Å². The molecule has 0 bridgehead atoms. The van der Waals surface area contributed by atoms with Crippen LogP contribution in [0.2, 0.25) is 0 Å². The highest BCUT2D eigenvalue weighted by atomic mass is 32.2. The molecule has 0 saturated carbocycles. The van der Waals surface area contributed by atoms with Gasteiger partial charge in [0.2, 0.25) is 10.0 Å². The molecule has 0 aliphatic heterocycles. The van der Waals surface area contributed by atoms with Crippen LogP contribution in [0.4, 0.5) is 0 Å². The quantitative estimate of drug-likeness (QED) is 0.710. The molecular weight excluding hydrogens is 248 g/mol. The molecule has 1 rings (SSSR count). The molecule has 0 spiro atoms. The maximum atomic E-state index is 11.2. The monoisotopic (exact) mass is 270 g/mol. The lowest BCUT2D eigenvalue weighted by molar-refractivity contribution is 0.594. The van der Waals surface area contributed by atoms with Gasteiger partial charge >= 0.3 is 0 Å². The van der Waals surface area contributed by atoms with E-state index < -0.39 is 10.0 Å². The van der Waals surface area contributed by atoms with Crippen molar-refractivity contribution >= 4 is 10.0 Å². The van der Waals surface area contributed by atoms with Gasteiger partial charge in [-0.15, -0.1) is 0 Å². The van der Waals surface area contributed by atoms with Gasteiger partial charge < -0.3 is 5.32 Å². The summed E-state index contributed by atoms with van der Waals surface area (Å²) in [4.78, 5) is 0.174. The van der Waals surface area contributed by atoms with E-state index in [2.05, 4.69) is 12.2 Å². The third-order valence-corrected chi connectivity index (χ3v) is 3.67. The summed E-state index contributed by atoms with van der Waals surface area (Å²) in [6, 6.07) is 6.75. The first-order valence-electron chi connectivity index (χ1n) is 6.36. The van der Waals surface area contributed by atoms with Gasteiger partial charge in [-0.25, -0.2) is 13.6 Å². The molecular formula is C13H22N2O2S. The second kappa shape index (κ2) is 7.51. The third-order valence-electron chi connectivity index (χ3n) is 2.76. The summed E-state index contributed by atoms with van der Waals surface area (Å²) < 4.78 is 22.4. The highest BCUT2D eigenvalue weighted by Gasteiger charge is 2.07. The van der Waals surface area contributed by atoms with Crippen LogP contribution in [0.5, 0.6) is 0 Å². The molecule has 0 radical (unpaired) electrons. The highest BCUT2D eigenvalue weighted by Crippen LogP contribution is 2.09. The fourth-order valence-corrected chi connectivity index (χ4v) is 2.33. The minimum atomic E-state index is -3.60. The van der Waals surface area contributed by atoms with Crippen molar-refractivity contribution in [2.75, 3.05) is 6.54 Å². The Labute approximate surface area is 110 Å². The lowest BCUT2D eigenvalue weighted by Crippen LogP contribution is -2.16. The van der Waals surface area contributed by atoms with Gasteiger partial charge in [0.1, 0.15) is 0 Å². The Morgan fingerprint density at radius 1 is 1.22 bits per heavy atom. The van der Waals surface area contributed by atoms with Gasteiger partial charge in [0.25, 0.3) is 0 Å². The zero-order chi connectivity index (χ0) is 13.4. The summed E-state index contributed by atoms with van der Waals surface area (Å²) in [5.74, 6) is 0. The number of nitrogens with two attached hydrogens (primary N) is 1. The Morgan fingerprint density at radius 3 is 2.67 bits per heavy atom. The fourth-order valence-electron chi connectivity index (χ4n) is 1.74. The Bertz CT molecular complexity index is 458. The number of benzene rings is 1. The van der Waals surface area contributed by atoms with Gasteiger partial charge in [-0.2, -0.15) is 0 Å². The number of sulfonamides is 1. The van der Waals surface area contributed by atoms with Gasteiger partial charge in [0.05, 0.1) is 4.90 Å². The molecule has 0 aromatic heterocycles. The predicted molar refractivity (Wildman–Crippen MR) is 73.7 cm³/mol. The molecule has 18 heavy (non-hydrogen) atoms. The molecule has 0 atom stereocenters. The predicted octanol–water partition coefficient (Wildman–Crippen LogP) is 2.00. The van der Waals surface area contributed by atoms with E-state index in [0.717, 1.165) is 18.5 Å². The van der Waals surface area contributed by atoms with E-state index >= 15 is 0 Å². The first kappa shape index (κ1) is 15.1. The normalized spacial score (nSPS) is 11.7. The Morgan fingerprint density at radius 2 is 2.00 bits per heavy atom. The standard InChI is InChI=1S/C13H22N2O2S/c1-2-3-4-5-9-15-11-12-7-6-8-13(10-12)18(14,16)17/h6-8,10,15H,2-5,9,11H2,1H3,(H2,14,16,17). The summed E-state index contributed by atoms with van der Waals surface area (Å²) in [6.45, 7) is 3.82. The second-order valence-electron chi connectivity index (χ2n) is 4.43. The van der Waals surface area contributed by atoms with Crippen LogP contribution in [0, 0.1) is 0 Å². The molecule has 1 aromatic rings. The lowest BCUT2D eigenvalue weighted by atomic mass is 10.2. The second-order valence-corrected chi connectivity index (χ2v) is 5.99. The third kappa shape index (κ3) is 5.62. The Hall–Kier alpha value is -0.910. The van der Waals surface area contributed by atoms with E-state index in [1.165, 1.54) is 25.3 Å². The van der Waals surface area contributed by atoms with Crippen molar-refractivity contribution < 1.29 is 8.42 Å². The van der Waals surface area contributed by atoms with Crippen molar-refractivity contribution in [2.45, 2.75) is 44.0 Å². The van der Waals surface area contributed by atoms with Gasteiger partial charge in [0, 0.05) is 6.54 Å². The van der Waals surface area contributed by atoms with Crippen molar-refractivity contribution in [1.29, 1.82) is 0 Å². The number of primary sulfonamides is 1. The average molecular weight is 270 g/mol. The topological polar surface area (TPSA) is 72.2 Å². The number of hydrogen-bond donors (Lipinski definition) is 2. The van der Waals surface area contributed by atoms with E-state index in [-0.39, 0.29) is 4.90 Å². The summed E-state index contributed by atoms with van der Waals surface area (Å²) in [5, 5.41) is 8.39. The van der Waals surface area contributed by atoms with E-state index in [4.69, 9.17) is 5.14 Å². The van der Waals surface area contributed by atoms with Crippen LogP contribution in [0.15, 0.2) is 29.2 Å².